The summed E-state index contributed by atoms with van der Waals surface area (Å²) in [6.07, 6.45) is 2.26. The fourth-order valence-corrected chi connectivity index (χ4v) is 1.94. The summed E-state index contributed by atoms with van der Waals surface area (Å²) in [5, 5.41) is 8.84. The number of nitrogens with zero attached hydrogens (tertiary/aromatic N) is 1. The molecule has 0 heterocycles. The molecular weight excluding hydrogens is 234 g/mol. The first-order valence-electron chi connectivity index (χ1n) is 6.52. The zero-order valence-electron chi connectivity index (χ0n) is 11.1. The van der Waals surface area contributed by atoms with Crippen LogP contribution in [0.5, 0.6) is 5.75 Å². The highest BCUT2D eigenvalue weighted by Crippen LogP contribution is 2.15. The minimum Gasteiger partial charge on any atom is -0.489 e. The summed E-state index contributed by atoms with van der Waals surface area (Å²) < 4.78 is 5.72. The Morgan fingerprint density at radius 3 is 2.53 bits per heavy atom. The molecule has 2 heteroatoms. The molecule has 0 amide bonds. The van der Waals surface area contributed by atoms with Gasteiger partial charge in [0.15, 0.2) is 0 Å². The third-order valence-corrected chi connectivity index (χ3v) is 2.92. The molecule has 0 fully saturated rings. The molecule has 0 aliphatic carbocycles. The predicted octanol–water partition coefficient (Wildman–Crippen LogP) is 4.09. The maximum Gasteiger partial charge on any atom is 0.119 e. The molecule has 96 valence electrons. The van der Waals surface area contributed by atoms with Gasteiger partial charge in [0.05, 0.1) is 11.6 Å². The predicted molar refractivity (Wildman–Crippen MR) is 75.9 cm³/mol. The van der Waals surface area contributed by atoms with Crippen LogP contribution in [-0.4, -0.2) is 0 Å². The molecule has 0 N–H and O–H groups in total. The van der Waals surface area contributed by atoms with Gasteiger partial charge in [-0.05, 0) is 41.8 Å². The molecule has 0 bridgehead atoms. The molecule has 2 rings (SSSR count). The van der Waals surface area contributed by atoms with Gasteiger partial charge in [-0.3, -0.25) is 0 Å². The molecule has 19 heavy (non-hydrogen) atoms. The molecule has 0 atom stereocenters. The molecule has 2 nitrogen and oxygen atoms in total. The zero-order chi connectivity index (χ0) is 13.5. The second-order valence-electron chi connectivity index (χ2n) is 4.49. The molecule has 0 spiro atoms. The van der Waals surface area contributed by atoms with E-state index >= 15 is 0 Å². The van der Waals surface area contributed by atoms with Crippen molar-refractivity contribution in [3.05, 3.63) is 65.2 Å². The highest BCUT2D eigenvalue weighted by Gasteiger charge is 1.98. The van der Waals surface area contributed by atoms with E-state index in [1.807, 2.05) is 30.3 Å². The van der Waals surface area contributed by atoms with Crippen molar-refractivity contribution in [2.45, 2.75) is 26.4 Å². The van der Waals surface area contributed by atoms with Crippen molar-refractivity contribution < 1.29 is 4.74 Å². The molecule has 0 radical (unpaired) electrons. The average molecular weight is 251 g/mol. The summed E-state index contributed by atoms with van der Waals surface area (Å²) in [5.41, 5.74) is 3.01. The van der Waals surface area contributed by atoms with E-state index in [0.717, 1.165) is 24.2 Å². The van der Waals surface area contributed by atoms with Crippen LogP contribution in [-0.2, 0) is 13.0 Å². The average Bonchev–Trinajstić information content (AvgIpc) is 2.47. The summed E-state index contributed by atoms with van der Waals surface area (Å²) in [6, 6.07) is 17.8. The summed E-state index contributed by atoms with van der Waals surface area (Å²) >= 11 is 0. The standard InChI is InChI=1S/C17H17NO/c1-2-4-14-7-9-17(10-8-14)19-13-16-6-3-5-15(11-16)12-18/h3,5-11H,2,4,13H2,1H3. The normalized spacial score (nSPS) is 9.89. The Hall–Kier alpha value is -2.27. The second kappa shape index (κ2) is 6.61. The molecule has 0 aliphatic rings. The van der Waals surface area contributed by atoms with Crippen molar-refractivity contribution in [1.29, 1.82) is 5.26 Å². The van der Waals surface area contributed by atoms with Crippen molar-refractivity contribution in [3.63, 3.8) is 0 Å². The van der Waals surface area contributed by atoms with Crippen LogP contribution in [0.25, 0.3) is 0 Å². The van der Waals surface area contributed by atoms with E-state index in [-0.39, 0.29) is 0 Å². The van der Waals surface area contributed by atoms with E-state index in [1.54, 1.807) is 6.07 Å². The molecule has 0 aliphatic heterocycles. The minimum absolute atomic E-state index is 0.489. The van der Waals surface area contributed by atoms with Crippen molar-refractivity contribution in [1.82, 2.24) is 0 Å². The highest BCUT2D eigenvalue weighted by atomic mass is 16.5. The van der Waals surface area contributed by atoms with Gasteiger partial charge in [0.1, 0.15) is 12.4 Å². The van der Waals surface area contributed by atoms with Crippen LogP contribution in [0.15, 0.2) is 48.5 Å². The molecule has 0 saturated carbocycles. The molecule has 2 aromatic carbocycles. The van der Waals surface area contributed by atoms with Gasteiger partial charge in [-0.2, -0.15) is 5.26 Å². The van der Waals surface area contributed by atoms with Crippen molar-refractivity contribution in [2.24, 2.45) is 0 Å². The van der Waals surface area contributed by atoms with Gasteiger partial charge >= 0.3 is 0 Å². The first kappa shape index (κ1) is 13.2. The Bertz CT molecular complexity index is 567. The third kappa shape index (κ3) is 3.86. The van der Waals surface area contributed by atoms with Crippen LogP contribution in [0, 0.1) is 11.3 Å². The zero-order valence-corrected chi connectivity index (χ0v) is 11.1. The van der Waals surface area contributed by atoms with Crippen LogP contribution < -0.4 is 4.74 Å². The summed E-state index contributed by atoms with van der Waals surface area (Å²) in [6.45, 7) is 2.66. The lowest BCUT2D eigenvalue weighted by Crippen LogP contribution is -1.96. The van der Waals surface area contributed by atoms with Crippen LogP contribution in [0.1, 0.15) is 30.0 Å². The van der Waals surface area contributed by atoms with Gasteiger partial charge < -0.3 is 4.74 Å². The summed E-state index contributed by atoms with van der Waals surface area (Å²) in [5.74, 6) is 0.863. The highest BCUT2D eigenvalue weighted by molar-refractivity contribution is 5.33. The Morgan fingerprint density at radius 1 is 1.05 bits per heavy atom. The summed E-state index contributed by atoms with van der Waals surface area (Å²) in [7, 11) is 0. The van der Waals surface area contributed by atoms with Crippen LogP contribution in [0.3, 0.4) is 0 Å². The molecular formula is C17H17NO. The van der Waals surface area contributed by atoms with E-state index in [2.05, 4.69) is 25.1 Å². The fourth-order valence-electron chi connectivity index (χ4n) is 1.94. The maximum atomic E-state index is 8.84. The number of aryl methyl sites for hydroxylation is 1. The van der Waals surface area contributed by atoms with E-state index in [9.17, 15) is 0 Å². The van der Waals surface area contributed by atoms with Crippen molar-refractivity contribution in [3.8, 4) is 11.8 Å². The Labute approximate surface area is 114 Å². The van der Waals surface area contributed by atoms with Crippen LogP contribution >= 0.6 is 0 Å². The quantitative estimate of drug-likeness (QED) is 0.801. The number of ether oxygens (including phenoxy) is 1. The molecule has 2 aromatic rings. The number of hydrogen-bond acceptors (Lipinski definition) is 2. The lowest BCUT2D eigenvalue weighted by molar-refractivity contribution is 0.306. The Morgan fingerprint density at radius 2 is 1.84 bits per heavy atom. The molecule has 0 saturated heterocycles. The first-order chi connectivity index (χ1) is 9.31. The number of benzene rings is 2. The van der Waals surface area contributed by atoms with Crippen LogP contribution in [0.2, 0.25) is 0 Å². The lowest BCUT2D eigenvalue weighted by atomic mass is 10.1. The van der Waals surface area contributed by atoms with Gasteiger partial charge in [-0.1, -0.05) is 37.6 Å². The number of rotatable bonds is 5. The number of hydrogen-bond donors (Lipinski definition) is 0. The Balaban J connectivity index is 1.96. The fraction of sp³-hybridized carbons (Fsp3) is 0.235. The van der Waals surface area contributed by atoms with Crippen LogP contribution in [0.4, 0.5) is 0 Å². The Kier molecular flexibility index (Phi) is 4.58. The molecule has 0 aromatic heterocycles. The van der Waals surface area contributed by atoms with Gasteiger partial charge in [-0.25, -0.2) is 0 Å². The van der Waals surface area contributed by atoms with E-state index in [1.165, 1.54) is 5.56 Å². The van der Waals surface area contributed by atoms with E-state index < -0.39 is 0 Å². The minimum atomic E-state index is 0.489. The van der Waals surface area contributed by atoms with Crippen molar-refractivity contribution >= 4 is 0 Å². The maximum absolute atomic E-state index is 8.84. The largest absolute Gasteiger partial charge is 0.489 e. The third-order valence-electron chi connectivity index (χ3n) is 2.92. The summed E-state index contributed by atoms with van der Waals surface area (Å²) in [4.78, 5) is 0. The van der Waals surface area contributed by atoms with Gasteiger partial charge in [0, 0.05) is 0 Å². The number of nitriles is 1. The first-order valence-corrected chi connectivity index (χ1v) is 6.52. The van der Waals surface area contributed by atoms with E-state index in [4.69, 9.17) is 10.00 Å². The van der Waals surface area contributed by atoms with Gasteiger partial charge in [0.2, 0.25) is 0 Å². The molecule has 0 unspecified atom stereocenters. The van der Waals surface area contributed by atoms with Crippen molar-refractivity contribution in [2.75, 3.05) is 0 Å². The lowest BCUT2D eigenvalue weighted by Gasteiger charge is -2.07. The topological polar surface area (TPSA) is 33.0 Å². The van der Waals surface area contributed by atoms with Gasteiger partial charge in [0.25, 0.3) is 0 Å². The monoisotopic (exact) mass is 251 g/mol. The second-order valence-corrected chi connectivity index (χ2v) is 4.49. The van der Waals surface area contributed by atoms with Gasteiger partial charge in [-0.15, -0.1) is 0 Å². The van der Waals surface area contributed by atoms with E-state index in [0.29, 0.717) is 12.2 Å². The smallest absolute Gasteiger partial charge is 0.119 e. The SMILES string of the molecule is CCCc1ccc(OCc2cccc(C#N)c2)cc1.